The van der Waals surface area contributed by atoms with Gasteiger partial charge in [0.25, 0.3) is 0 Å². The quantitative estimate of drug-likeness (QED) is 0.195. The van der Waals surface area contributed by atoms with Crippen LogP contribution in [0.15, 0.2) is 152 Å². The van der Waals surface area contributed by atoms with Crippen molar-refractivity contribution < 1.29 is 0 Å². The number of aromatic nitrogens is 2. The lowest BCUT2D eigenvalue weighted by atomic mass is 9.75. The molecule has 1 atom stereocenters. The minimum Gasteiger partial charge on any atom is -0.309 e. The van der Waals surface area contributed by atoms with E-state index in [1.807, 2.05) is 18.2 Å². The van der Waals surface area contributed by atoms with Crippen molar-refractivity contribution in [3.05, 3.63) is 174 Å². The Morgan fingerprint density at radius 1 is 0.551 bits per heavy atom. The first-order chi connectivity index (χ1) is 24.1. The second-order valence-corrected chi connectivity index (χ2v) is 13.1. The normalized spacial score (nSPS) is 15.9. The van der Waals surface area contributed by atoms with Gasteiger partial charge in [-0.15, -0.1) is 0 Å². The zero-order valence-electron chi connectivity index (χ0n) is 26.9. The van der Waals surface area contributed by atoms with Crippen molar-refractivity contribution in [2.45, 2.75) is 18.8 Å². The Labute approximate surface area is 284 Å². The molecule has 1 unspecified atom stereocenters. The van der Waals surface area contributed by atoms with Crippen LogP contribution >= 0.6 is 0 Å². The van der Waals surface area contributed by atoms with Crippen molar-refractivity contribution in [1.29, 1.82) is 10.5 Å². The Morgan fingerprint density at radius 3 is 1.92 bits per heavy atom. The fourth-order valence-electron chi connectivity index (χ4n) is 7.63. The van der Waals surface area contributed by atoms with E-state index in [0.29, 0.717) is 11.1 Å². The average Bonchev–Trinajstić information content (AvgIpc) is 3.67. The van der Waals surface area contributed by atoms with Crippen LogP contribution in [0.4, 0.5) is 0 Å². The molecule has 0 amide bonds. The number of nitriles is 2. The summed E-state index contributed by atoms with van der Waals surface area (Å²) in [5.41, 5.74) is 10.8. The van der Waals surface area contributed by atoms with Crippen molar-refractivity contribution >= 4 is 49.2 Å². The minimum atomic E-state index is -0.200. The fraction of sp³-hybridized carbons (Fsp3) is 0.0667. The lowest BCUT2D eigenvalue weighted by molar-refractivity contribution is 0.602. The molecule has 0 saturated carbocycles. The van der Waals surface area contributed by atoms with Crippen LogP contribution in [0.25, 0.3) is 60.6 Å². The second-order valence-electron chi connectivity index (χ2n) is 13.1. The first-order valence-corrected chi connectivity index (χ1v) is 16.5. The number of rotatable bonds is 4. The number of fused-ring (bicyclic) bond motifs is 6. The maximum Gasteiger partial charge on any atom is 0.101 e. The highest BCUT2D eigenvalue weighted by Gasteiger charge is 2.27. The summed E-state index contributed by atoms with van der Waals surface area (Å²) in [6.07, 6.45) is 7.87. The van der Waals surface area contributed by atoms with E-state index in [1.165, 1.54) is 38.5 Å². The Morgan fingerprint density at radius 2 is 1.20 bits per heavy atom. The van der Waals surface area contributed by atoms with Crippen LogP contribution in [0.3, 0.4) is 0 Å². The molecule has 2 heterocycles. The molecule has 4 heteroatoms. The third-order valence-electron chi connectivity index (χ3n) is 10.2. The lowest BCUT2D eigenvalue weighted by Crippen LogP contribution is -2.20. The van der Waals surface area contributed by atoms with Gasteiger partial charge in [0.1, 0.15) is 12.1 Å². The molecule has 6 aromatic carbocycles. The number of hydrogen-bond donors (Lipinski definition) is 0. The molecule has 0 spiro atoms. The van der Waals surface area contributed by atoms with Gasteiger partial charge >= 0.3 is 0 Å². The van der Waals surface area contributed by atoms with E-state index in [1.54, 1.807) is 6.07 Å². The number of nitrogens with zero attached hydrogens (tertiary/aromatic N) is 4. The molecular formula is C45H30N4. The van der Waals surface area contributed by atoms with Gasteiger partial charge in [-0.25, -0.2) is 0 Å². The predicted molar refractivity (Wildman–Crippen MR) is 200 cm³/mol. The molecule has 2 aromatic heterocycles. The second kappa shape index (κ2) is 11.0. The van der Waals surface area contributed by atoms with Crippen molar-refractivity contribution in [1.82, 2.24) is 9.13 Å². The molecule has 8 aromatic rings. The van der Waals surface area contributed by atoms with E-state index < -0.39 is 0 Å². The van der Waals surface area contributed by atoms with Crippen LogP contribution in [0.1, 0.15) is 35.6 Å². The number of allylic oxidation sites excluding steroid dienone is 4. The van der Waals surface area contributed by atoms with Gasteiger partial charge in [-0.05, 0) is 83.8 Å². The monoisotopic (exact) mass is 626 g/mol. The third-order valence-corrected chi connectivity index (χ3v) is 10.2. The first-order valence-electron chi connectivity index (χ1n) is 16.5. The largest absolute Gasteiger partial charge is 0.309 e. The topological polar surface area (TPSA) is 57.4 Å². The van der Waals surface area contributed by atoms with E-state index in [0.717, 1.165) is 39.6 Å². The van der Waals surface area contributed by atoms with Gasteiger partial charge in [0.2, 0.25) is 0 Å². The Bertz CT molecular complexity index is 2780. The average molecular weight is 627 g/mol. The van der Waals surface area contributed by atoms with E-state index in [-0.39, 0.29) is 5.41 Å². The van der Waals surface area contributed by atoms with Gasteiger partial charge < -0.3 is 9.13 Å². The molecule has 1 aliphatic rings. The molecule has 0 saturated heterocycles. The SMILES string of the molecule is CC1(c2ccc3c4ccccc4n(-c4ccc(C#N)c(C#N)c4)c3c2)C=CC(c2ccc3c(c2)c2ccccc2n3-c2ccccc2)=CC1. The molecule has 0 bridgehead atoms. The van der Waals surface area contributed by atoms with Gasteiger partial charge in [0, 0.05) is 38.3 Å². The van der Waals surface area contributed by atoms with Crippen LogP contribution in [-0.2, 0) is 5.41 Å². The summed E-state index contributed by atoms with van der Waals surface area (Å²) in [4.78, 5) is 0. The highest BCUT2D eigenvalue weighted by Crippen LogP contribution is 2.41. The Balaban J connectivity index is 1.11. The molecular weight excluding hydrogens is 597 g/mol. The maximum absolute atomic E-state index is 9.77. The molecule has 0 aliphatic heterocycles. The first kappa shape index (κ1) is 28.6. The maximum atomic E-state index is 9.77. The summed E-state index contributed by atoms with van der Waals surface area (Å²) < 4.78 is 4.57. The van der Waals surface area contributed by atoms with Crippen molar-refractivity contribution in [2.24, 2.45) is 0 Å². The number of para-hydroxylation sites is 3. The van der Waals surface area contributed by atoms with Gasteiger partial charge in [-0.1, -0.05) is 97.9 Å². The molecule has 230 valence electrons. The third kappa shape index (κ3) is 4.43. The predicted octanol–water partition coefficient (Wildman–Crippen LogP) is 10.9. The standard InChI is InChI=1S/C45H30N4/c1-45(34-17-19-39-37-11-5-7-13-41(37)49(44(39)27-34)36-18-15-32(28-46)33(25-36)29-47)23-21-30(22-24-45)31-16-20-43-40(26-31)38-12-6-8-14-42(38)48(43)35-9-3-2-4-10-35/h2-23,25-27H,24H2,1H3. The lowest BCUT2D eigenvalue weighted by Gasteiger charge is -2.29. The van der Waals surface area contributed by atoms with Crippen molar-refractivity contribution in [2.75, 3.05) is 0 Å². The van der Waals surface area contributed by atoms with Crippen LogP contribution in [0.5, 0.6) is 0 Å². The molecule has 4 nitrogen and oxygen atoms in total. The highest BCUT2D eigenvalue weighted by atomic mass is 15.0. The smallest absolute Gasteiger partial charge is 0.101 e. The van der Waals surface area contributed by atoms with E-state index >= 15 is 0 Å². The van der Waals surface area contributed by atoms with Crippen LogP contribution in [-0.4, -0.2) is 9.13 Å². The van der Waals surface area contributed by atoms with Crippen LogP contribution in [0.2, 0.25) is 0 Å². The fourth-order valence-corrected chi connectivity index (χ4v) is 7.63. The molecule has 1 aliphatic carbocycles. The zero-order valence-corrected chi connectivity index (χ0v) is 26.9. The molecule has 0 fully saturated rings. The molecule has 9 rings (SSSR count). The van der Waals surface area contributed by atoms with E-state index in [2.05, 4.69) is 156 Å². The Hall–Kier alpha value is -6.62. The summed E-state index contributed by atoms with van der Waals surface area (Å²) in [7, 11) is 0. The van der Waals surface area contributed by atoms with Crippen molar-refractivity contribution in [3.8, 4) is 23.5 Å². The van der Waals surface area contributed by atoms with Crippen molar-refractivity contribution in [3.63, 3.8) is 0 Å². The van der Waals surface area contributed by atoms with Gasteiger partial charge in [0.05, 0.1) is 33.2 Å². The van der Waals surface area contributed by atoms with Crippen LogP contribution in [0, 0.1) is 22.7 Å². The summed E-state index contributed by atoms with van der Waals surface area (Å²) >= 11 is 0. The summed E-state index contributed by atoms with van der Waals surface area (Å²) in [5.74, 6) is 0. The number of hydrogen-bond acceptors (Lipinski definition) is 2. The van der Waals surface area contributed by atoms with E-state index in [9.17, 15) is 10.5 Å². The van der Waals surface area contributed by atoms with E-state index in [4.69, 9.17) is 0 Å². The molecule has 0 radical (unpaired) electrons. The summed E-state index contributed by atoms with van der Waals surface area (Å²) in [6, 6.07) is 51.1. The number of benzene rings is 6. The van der Waals surface area contributed by atoms with Crippen LogP contribution < -0.4 is 0 Å². The summed E-state index contributed by atoms with van der Waals surface area (Å²) in [5, 5.41) is 24.1. The van der Waals surface area contributed by atoms with Gasteiger partial charge in [-0.2, -0.15) is 10.5 Å². The Kier molecular flexibility index (Phi) is 6.41. The minimum absolute atomic E-state index is 0.200. The van der Waals surface area contributed by atoms with Gasteiger partial charge in [0.15, 0.2) is 0 Å². The highest BCUT2D eigenvalue weighted by molar-refractivity contribution is 6.11. The molecule has 49 heavy (non-hydrogen) atoms. The molecule has 0 N–H and O–H groups in total. The summed E-state index contributed by atoms with van der Waals surface area (Å²) in [6.45, 7) is 2.30. The zero-order chi connectivity index (χ0) is 33.1. The van der Waals surface area contributed by atoms with Gasteiger partial charge in [-0.3, -0.25) is 0 Å².